The van der Waals surface area contributed by atoms with Crippen molar-refractivity contribution in [2.45, 2.75) is 52.9 Å². The van der Waals surface area contributed by atoms with E-state index in [1.807, 2.05) is 40.9 Å². The van der Waals surface area contributed by atoms with Crippen LogP contribution in [0.1, 0.15) is 52.0 Å². The molecule has 0 radical (unpaired) electrons. The number of carbonyl (C=O) groups excluding carboxylic acids is 2. The minimum atomic E-state index is 0.122. The third-order valence-corrected chi connectivity index (χ3v) is 7.21. The molecular weight excluding hydrogens is 368 g/mol. The number of rotatable bonds is 4. The van der Waals surface area contributed by atoms with Crippen LogP contribution in [0.3, 0.4) is 0 Å². The number of anilines is 1. The first kappa shape index (κ1) is 21.2. The first-order chi connectivity index (χ1) is 13.3. The van der Waals surface area contributed by atoms with Crippen molar-refractivity contribution in [2.75, 3.05) is 29.9 Å². The van der Waals surface area contributed by atoms with Crippen molar-refractivity contribution in [3.63, 3.8) is 0 Å². The fourth-order valence-corrected chi connectivity index (χ4v) is 5.17. The molecule has 5 heteroatoms. The number of hydrogen-bond donors (Lipinski definition) is 1. The van der Waals surface area contributed by atoms with Gasteiger partial charge in [0.2, 0.25) is 11.8 Å². The van der Waals surface area contributed by atoms with Gasteiger partial charge in [0.05, 0.1) is 6.42 Å². The largest absolute Gasteiger partial charge is 0.341 e. The maximum Gasteiger partial charge on any atom is 0.227 e. The summed E-state index contributed by atoms with van der Waals surface area (Å²) in [5, 5.41) is 3.07. The zero-order chi connectivity index (χ0) is 20.1. The van der Waals surface area contributed by atoms with Crippen LogP contribution in [-0.4, -0.2) is 41.3 Å². The first-order valence-corrected chi connectivity index (χ1v) is 11.7. The zero-order valence-corrected chi connectivity index (χ0v) is 18.3. The van der Waals surface area contributed by atoms with Crippen molar-refractivity contribution >= 4 is 29.3 Å². The fourth-order valence-electron chi connectivity index (χ4n) is 4.27. The highest BCUT2D eigenvalue weighted by Crippen LogP contribution is 2.40. The molecule has 0 aromatic heterocycles. The molecule has 2 fully saturated rings. The first-order valence-electron chi connectivity index (χ1n) is 10.6. The summed E-state index contributed by atoms with van der Waals surface area (Å²) in [4.78, 5) is 27.0. The van der Waals surface area contributed by atoms with Gasteiger partial charge in [0, 0.05) is 36.2 Å². The molecule has 4 nitrogen and oxygen atoms in total. The molecule has 1 aromatic rings. The second kappa shape index (κ2) is 9.34. The van der Waals surface area contributed by atoms with Gasteiger partial charge in [-0.1, -0.05) is 32.9 Å². The molecule has 0 bridgehead atoms. The molecule has 28 heavy (non-hydrogen) atoms. The van der Waals surface area contributed by atoms with Crippen molar-refractivity contribution < 1.29 is 9.59 Å². The highest BCUT2D eigenvalue weighted by Gasteiger charge is 2.32. The maximum absolute atomic E-state index is 12.6. The number of hydrogen-bond acceptors (Lipinski definition) is 3. The van der Waals surface area contributed by atoms with Crippen LogP contribution in [0, 0.1) is 17.3 Å². The Morgan fingerprint density at radius 2 is 1.64 bits per heavy atom. The quantitative estimate of drug-likeness (QED) is 0.801. The van der Waals surface area contributed by atoms with E-state index in [1.54, 1.807) is 0 Å². The molecule has 0 unspecified atom stereocenters. The molecule has 0 atom stereocenters. The summed E-state index contributed by atoms with van der Waals surface area (Å²) in [7, 11) is 0. The molecule has 1 aliphatic heterocycles. The molecule has 3 rings (SSSR count). The summed E-state index contributed by atoms with van der Waals surface area (Å²) in [5.41, 5.74) is 2.17. The summed E-state index contributed by atoms with van der Waals surface area (Å²) in [5.74, 6) is 3.25. The highest BCUT2D eigenvalue weighted by molar-refractivity contribution is 7.99. The molecule has 1 saturated heterocycles. The Bertz CT molecular complexity index is 667. The Kier molecular flexibility index (Phi) is 7.08. The van der Waals surface area contributed by atoms with Crippen LogP contribution >= 0.6 is 11.8 Å². The van der Waals surface area contributed by atoms with Crippen LogP contribution < -0.4 is 5.32 Å². The van der Waals surface area contributed by atoms with E-state index in [0.29, 0.717) is 17.8 Å². The van der Waals surface area contributed by atoms with Gasteiger partial charge in [0.25, 0.3) is 0 Å². The van der Waals surface area contributed by atoms with E-state index in [9.17, 15) is 9.59 Å². The lowest BCUT2D eigenvalue weighted by Gasteiger charge is -2.36. The van der Waals surface area contributed by atoms with Gasteiger partial charge in [-0.15, -0.1) is 0 Å². The molecule has 1 heterocycles. The van der Waals surface area contributed by atoms with E-state index in [2.05, 4.69) is 26.1 Å². The van der Waals surface area contributed by atoms with Crippen LogP contribution in [0.5, 0.6) is 0 Å². The third kappa shape index (κ3) is 5.76. The number of thioether (sulfide) groups is 1. The average molecular weight is 403 g/mol. The topological polar surface area (TPSA) is 49.4 Å². The predicted octanol–water partition coefficient (Wildman–Crippen LogP) is 4.60. The van der Waals surface area contributed by atoms with Gasteiger partial charge < -0.3 is 10.2 Å². The molecule has 154 valence electrons. The van der Waals surface area contributed by atoms with Gasteiger partial charge in [0.15, 0.2) is 0 Å². The molecule has 1 aromatic carbocycles. The van der Waals surface area contributed by atoms with Crippen molar-refractivity contribution in [3.8, 4) is 0 Å². The minimum absolute atomic E-state index is 0.122. The van der Waals surface area contributed by atoms with Crippen LogP contribution in [0.15, 0.2) is 24.3 Å². The van der Waals surface area contributed by atoms with Gasteiger partial charge in [0.1, 0.15) is 0 Å². The van der Waals surface area contributed by atoms with Crippen LogP contribution in [0.2, 0.25) is 0 Å². The van der Waals surface area contributed by atoms with E-state index < -0.39 is 0 Å². The number of nitrogens with zero attached hydrogens (tertiary/aromatic N) is 1. The Labute approximate surface area is 173 Å². The van der Waals surface area contributed by atoms with E-state index in [4.69, 9.17) is 0 Å². The number of benzene rings is 1. The summed E-state index contributed by atoms with van der Waals surface area (Å²) >= 11 is 1.91. The zero-order valence-electron chi connectivity index (χ0n) is 17.5. The lowest BCUT2D eigenvalue weighted by atomic mass is 9.69. The number of nitrogens with one attached hydrogen (secondary N) is 1. The average Bonchev–Trinajstić information content (AvgIpc) is 2.69. The second-order valence-corrected chi connectivity index (χ2v) is 10.5. The number of carbonyl (C=O) groups is 2. The summed E-state index contributed by atoms with van der Waals surface area (Å²) in [6.07, 6.45) is 4.67. The molecule has 1 N–H and O–H groups in total. The minimum Gasteiger partial charge on any atom is -0.341 e. The van der Waals surface area contributed by atoms with E-state index in [-0.39, 0.29) is 17.7 Å². The molecule has 2 amide bonds. The van der Waals surface area contributed by atoms with E-state index in [1.165, 1.54) is 0 Å². The van der Waals surface area contributed by atoms with Gasteiger partial charge in [-0.25, -0.2) is 0 Å². The normalized spacial score (nSPS) is 23.3. The summed E-state index contributed by atoms with van der Waals surface area (Å²) in [6.45, 7) is 8.61. The predicted molar refractivity (Wildman–Crippen MR) is 118 cm³/mol. The monoisotopic (exact) mass is 402 g/mol. The van der Waals surface area contributed by atoms with Crippen LogP contribution in [-0.2, 0) is 16.0 Å². The Morgan fingerprint density at radius 1 is 1.04 bits per heavy atom. The highest BCUT2D eigenvalue weighted by atomic mass is 32.2. The Balaban J connectivity index is 1.47. The van der Waals surface area contributed by atoms with Crippen LogP contribution in [0.4, 0.5) is 5.69 Å². The molecule has 1 saturated carbocycles. The summed E-state index contributed by atoms with van der Waals surface area (Å²) in [6, 6.07) is 7.77. The standard InChI is InChI=1S/C23H34N2O2S/c1-23(2,3)19-8-6-18(7-9-19)22(27)24-20-10-4-17(5-11-20)16-21(26)25-12-14-28-15-13-25/h4-5,10-11,18-19H,6-9,12-16H2,1-3H3,(H,24,27). The van der Waals surface area contributed by atoms with Crippen molar-refractivity contribution in [2.24, 2.45) is 17.3 Å². The SMILES string of the molecule is CC(C)(C)C1CCC(C(=O)Nc2ccc(CC(=O)N3CCSCC3)cc2)CC1. The van der Waals surface area contributed by atoms with Crippen molar-refractivity contribution in [3.05, 3.63) is 29.8 Å². The molecule has 2 aliphatic rings. The van der Waals surface area contributed by atoms with Gasteiger partial charge >= 0.3 is 0 Å². The fraction of sp³-hybridized carbons (Fsp3) is 0.652. The molecule has 0 spiro atoms. The van der Waals surface area contributed by atoms with Crippen molar-refractivity contribution in [1.29, 1.82) is 0 Å². The van der Waals surface area contributed by atoms with E-state index in [0.717, 1.165) is 61.5 Å². The smallest absolute Gasteiger partial charge is 0.227 e. The van der Waals surface area contributed by atoms with E-state index >= 15 is 0 Å². The van der Waals surface area contributed by atoms with Gasteiger partial charge in [-0.2, -0.15) is 11.8 Å². The Hall–Kier alpha value is -1.49. The lowest BCUT2D eigenvalue weighted by Crippen LogP contribution is -2.38. The molecule has 1 aliphatic carbocycles. The second-order valence-electron chi connectivity index (χ2n) is 9.27. The van der Waals surface area contributed by atoms with Crippen molar-refractivity contribution in [1.82, 2.24) is 4.90 Å². The molecular formula is C23H34N2O2S. The maximum atomic E-state index is 12.6. The summed E-state index contributed by atoms with van der Waals surface area (Å²) < 4.78 is 0. The third-order valence-electron chi connectivity index (χ3n) is 6.26. The Morgan fingerprint density at radius 3 is 2.21 bits per heavy atom. The van der Waals surface area contributed by atoms with Gasteiger partial charge in [-0.3, -0.25) is 9.59 Å². The lowest BCUT2D eigenvalue weighted by molar-refractivity contribution is -0.130. The number of amides is 2. The van der Waals surface area contributed by atoms with Gasteiger partial charge in [-0.05, 0) is 54.7 Å². The van der Waals surface area contributed by atoms with Crippen LogP contribution in [0.25, 0.3) is 0 Å².